The van der Waals surface area contributed by atoms with Gasteiger partial charge in [-0.15, -0.1) is 0 Å². The number of hydrogen-bond donors (Lipinski definition) is 0. The minimum atomic E-state index is -0.520. The molecule has 6 heteroatoms. The Bertz CT molecular complexity index is 943. The summed E-state index contributed by atoms with van der Waals surface area (Å²) >= 11 is 0. The molecule has 0 N–H and O–H groups in total. The lowest BCUT2D eigenvalue weighted by Gasteiger charge is -2.22. The van der Waals surface area contributed by atoms with Crippen molar-refractivity contribution in [1.29, 1.82) is 0 Å². The highest BCUT2D eigenvalue weighted by Gasteiger charge is 2.26. The van der Waals surface area contributed by atoms with Crippen LogP contribution in [0.4, 0.5) is 4.39 Å². The first-order valence-corrected chi connectivity index (χ1v) is 7.56. The summed E-state index contributed by atoms with van der Waals surface area (Å²) in [5, 5.41) is 1.82. The number of halogens is 1. The summed E-state index contributed by atoms with van der Waals surface area (Å²) in [6, 6.07) is 5.22. The molecule has 122 valence electrons. The third kappa shape index (κ3) is 2.31. The topological polar surface area (TPSA) is 53.5 Å². The van der Waals surface area contributed by atoms with E-state index >= 15 is 0 Å². The van der Waals surface area contributed by atoms with Crippen molar-refractivity contribution in [2.75, 3.05) is 20.3 Å². The fourth-order valence-electron chi connectivity index (χ4n) is 2.80. The van der Waals surface area contributed by atoms with Crippen molar-refractivity contribution < 1.29 is 18.6 Å². The number of hydrogen-bond acceptors (Lipinski definition) is 5. The lowest BCUT2D eigenvalue weighted by atomic mass is 10.0. The summed E-state index contributed by atoms with van der Waals surface area (Å²) in [4.78, 5) is 8.69. The van der Waals surface area contributed by atoms with Crippen molar-refractivity contribution in [3.05, 3.63) is 42.1 Å². The average Bonchev–Trinajstić information content (AvgIpc) is 2.61. The molecule has 1 aromatic carbocycles. The predicted octanol–water partition coefficient (Wildman–Crippen LogP) is 3.52. The van der Waals surface area contributed by atoms with Gasteiger partial charge in [0, 0.05) is 34.9 Å². The molecular weight excluding hydrogens is 311 g/mol. The molecule has 0 unspecified atom stereocenters. The molecule has 1 aliphatic heterocycles. The maximum Gasteiger partial charge on any atom is 0.178 e. The van der Waals surface area contributed by atoms with Crippen LogP contribution in [0.2, 0.25) is 0 Å². The zero-order chi connectivity index (χ0) is 16.7. The average molecular weight is 326 g/mol. The van der Waals surface area contributed by atoms with Crippen LogP contribution in [-0.4, -0.2) is 30.3 Å². The van der Waals surface area contributed by atoms with Crippen LogP contribution in [-0.2, 0) is 0 Å². The van der Waals surface area contributed by atoms with Crippen LogP contribution in [0.1, 0.15) is 5.69 Å². The number of nitrogens with zero attached hydrogens (tertiary/aromatic N) is 2. The molecule has 0 bridgehead atoms. The molecular formula is C18H15FN2O3. The Balaban J connectivity index is 1.96. The summed E-state index contributed by atoms with van der Waals surface area (Å²) in [6.07, 6.45) is 3.45. The first-order chi connectivity index (χ1) is 11.7. The number of aromatic nitrogens is 2. The molecule has 3 aromatic rings. The standard InChI is InChI=1S/C18H15FN2O3/c1-10-5-11-9-21-13(6-12(11)8-20-10)16-17(19)14(22-2)7-15-18(16)24-4-3-23-15/h5-9H,3-4H2,1-2H3. The highest BCUT2D eigenvalue weighted by Crippen LogP contribution is 2.45. The second kappa shape index (κ2) is 5.63. The Labute approximate surface area is 138 Å². The van der Waals surface area contributed by atoms with Gasteiger partial charge >= 0.3 is 0 Å². The highest BCUT2D eigenvalue weighted by atomic mass is 19.1. The molecule has 0 saturated heterocycles. The predicted molar refractivity (Wildman–Crippen MR) is 87.2 cm³/mol. The van der Waals surface area contributed by atoms with E-state index in [1.54, 1.807) is 18.5 Å². The van der Waals surface area contributed by atoms with E-state index in [9.17, 15) is 4.39 Å². The molecule has 2 aromatic heterocycles. The van der Waals surface area contributed by atoms with E-state index in [2.05, 4.69) is 9.97 Å². The van der Waals surface area contributed by atoms with Gasteiger partial charge in [-0.2, -0.15) is 0 Å². The van der Waals surface area contributed by atoms with Gasteiger partial charge in [-0.05, 0) is 19.1 Å². The molecule has 24 heavy (non-hydrogen) atoms. The van der Waals surface area contributed by atoms with Crippen LogP contribution in [0, 0.1) is 12.7 Å². The third-order valence-corrected chi connectivity index (χ3v) is 3.95. The number of methoxy groups -OCH3 is 1. The monoisotopic (exact) mass is 326 g/mol. The largest absolute Gasteiger partial charge is 0.494 e. The zero-order valence-corrected chi connectivity index (χ0v) is 13.3. The van der Waals surface area contributed by atoms with Crippen LogP contribution in [0.15, 0.2) is 30.6 Å². The Morgan fingerprint density at radius 2 is 1.79 bits per heavy atom. The number of pyridine rings is 2. The lowest BCUT2D eigenvalue weighted by Crippen LogP contribution is -2.17. The molecule has 0 radical (unpaired) electrons. The van der Waals surface area contributed by atoms with Gasteiger partial charge in [-0.1, -0.05) is 0 Å². The maximum absolute atomic E-state index is 14.9. The van der Waals surface area contributed by atoms with Crippen molar-refractivity contribution in [1.82, 2.24) is 9.97 Å². The van der Waals surface area contributed by atoms with E-state index in [1.165, 1.54) is 13.2 Å². The highest BCUT2D eigenvalue weighted by molar-refractivity contribution is 5.86. The van der Waals surface area contributed by atoms with Gasteiger partial charge in [0.05, 0.1) is 18.4 Å². The Kier molecular flexibility index (Phi) is 3.45. The molecule has 3 heterocycles. The van der Waals surface area contributed by atoms with Crippen molar-refractivity contribution in [3.63, 3.8) is 0 Å². The smallest absolute Gasteiger partial charge is 0.178 e. The third-order valence-electron chi connectivity index (χ3n) is 3.95. The van der Waals surface area contributed by atoms with E-state index in [4.69, 9.17) is 14.2 Å². The number of rotatable bonds is 2. The first-order valence-electron chi connectivity index (χ1n) is 7.56. The molecule has 4 rings (SSSR count). The first kappa shape index (κ1) is 14.7. The van der Waals surface area contributed by atoms with Gasteiger partial charge in [-0.25, -0.2) is 4.39 Å². The van der Waals surface area contributed by atoms with Crippen LogP contribution in [0.5, 0.6) is 17.2 Å². The number of fused-ring (bicyclic) bond motifs is 2. The van der Waals surface area contributed by atoms with E-state index in [-0.39, 0.29) is 11.3 Å². The minimum Gasteiger partial charge on any atom is -0.494 e. The van der Waals surface area contributed by atoms with Crippen molar-refractivity contribution in [2.45, 2.75) is 6.92 Å². The van der Waals surface area contributed by atoms with Crippen LogP contribution >= 0.6 is 0 Å². The Morgan fingerprint density at radius 3 is 2.62 bits per heavy atom. The van der Waals surface area contributed by atoms with Crippen LogP contribution in [0.25, 0.3) is 22.0 Å². The van der Waals surface area contributed by atoms with E-state index in [0.717, 1.165) is 16.5 Å². The molecule has 0 aliphatic carbocycles. The molecule has 5 nitrogen and oxygen atoms in total. The van der Waals surface area contributed by atoms with Crippen LogP contribution in [0.3, 0.4) is 0 Å². The second-order valence-corrected chi connectivity index (χ2v) is 5.53. The summed E-state index contributed by atoms with van der Waals surface area (Å²) in [5.74, 6) is 0.386. The molecule has 0 spiro atoms. The maximum atomic E-state index is 14.9. The Morgan fingerprint density at radius 1 is 1.04 bits per heavy atom. The van der Waals surface area contributed by atoms with E-state index < -0.39 is 5.82 Å². The zero-order valence-electron chi connectivity index (χ0n) is 13.3. The summed E-state index contributed by atoms with van der Waals surface area (Å²) in [7, 11) is 1.42. The molecule has 0 atom stereocenters. The summed E-state index contributed by atoms with van der Waals surface area (Å²) in [6.45, 7) is 2.69. The van der Waals surface area contributed by atoms with Gasteiger partial charge < -0.3 is 14.2 Å². The number of aryl methyl sites for hydroxylation is 1. The van der Waals surface area contributed by atoms with Gasteiger partial charge in [0.2, 0.25) is 0 Å². The van der Waals surface area contributed by atoms with Crippen LogP contribution < -0.4 is 14.2 Å². The Hall–Kier alpha value is -2.89. The van der Waals surface area contributed by atoms with Gasteiger partial charge in [0.1, 0.15) is 13.2 Å². The molecule has 0 saturated carbocycles. The number of benzene rings is 1. The summed E-state index contributed by atoms with van der Waals surface area (Å²) in [5.41, 5.74) is 1.59. The van der Waals surface area contributed by atoms with E-state index in [0.29, 0.717) is 30.4 Å². The van der Waals surface area contributed by atoms with Gasteiger partial charge in [0.25, 0.3) is 0 Å². The van der Waals surface area contributed by atoms with Crippen molar-refractivity contribution in [2.24, 2.45) is 0 Å². The number of ether oxygens (including phenoxy) is 3. The summed E-state index contributed by atoms with van der Waals surface area (Å²) < 4.78 is 31.2. The second-order valence-electron chi connectivity index (χ2n) is 5.53. The SMILES string of the molecule is COc1cc2c(c(-c3cc4cnc(C)cc4cn3)c1F)OCCO2. The fraction of sp³-hybridized carbons (Fsp3) is 0.222. The molecule has 0 amide bonds. The van der Waals surface area contributed by atoms with Crippen molar-refractivity contribution in [3.8, 4) is 28.5 Å². The van der Waals surface area contributed by atoms with Gasteiger partial charge in [-0.3, -0.25) is 9.97 Å². The molecule has 0 fully saturated rings. The van der Waals surface area contributed by atoms with Crippen molar-refractivity contribution >= 4 is 10.8 Å². The molecule has 1 aliphatic rings. The fourth-order valence-corrected chi connectivity index (χ4v) is 2.80. The normalized spacial score (nSPS) is 13.1. The quantitative estimate of drug-likeness (QED) is 0.721. The lowest BCUT2D eigenvalue weighted by molar-refractivity contribution is 0.170. The van der Waals surface area contributed by atoms with Gasteiger partial charge in [0.15, 0.2) is 23.1 Å². The van der Waals surface area contributed by atoms with E-state index in [1.807, 2.05) is 13.0 Å². The minimum absolute atomic E-state index is 0.0955.